The van der Waals surface area contributed by atoms with Crippen LogP contribution >= 0.6 is 0 Å². The number of carbonyl (C=O) groups excluding carboxylic acids is 1. The van der Waals surface area contributed by atoms with E-state index in [2.05, 4.69) is 5.10 Å². The molecule has 0 amide bonds. The molecule has 0 unspecified atom stereocenters. The van der Waals surface area contributed by atoms with Gasteiger partial charge in [0, 0.05) is 6.20 Å². The van der Waals surface area contributed by atoms with Gasteiger partial charge in [0.2, 0.25) is 0 Å². The molecule has 0 saturated carbocycles. The van der Waals surface area contributed by atoms with E-state index < -0.39 is 0 Å². The summed E-state index contributed by atoms with van der Waals surface area (Å²) in [7, 11) is 0. The van der Waals surface area contributed by atoms with Crippen molar-refractivity contribution in [2.24, 2.45) is 0 Å². The molecule has 4 nitrogen and oxygen atoms in total. The molecule has 0 atom stereocenters. The Morgan fingerprint density at radius 3 is 3.20 bits per heavy atom. The molecular weight excluding hydrogens is 130 g/mol. The van der Waals surface area contributed by atoms with E-state index in [4.69, 9.17) is 5.26 Å². The summed E-state index contributed by atoms with van der Waals surface area (Å²) in [6.07, 6.45) is 3.67. The first kappa shape index (κ1) is 6.49. The van der Waals surface area contributed by atoms with E-state index in [0.717, 1.165) is 6.29 Å². The average molecular weight is 135 g/mol. The smallest absolute Gasteiger partial charge is 0.141 e. The van der Waals surface area contributed by atoms with Crippen molar-refractivity contribution < 1.29 is 4.79 Å². The Labute approximate surface area is 57.7 Å². The second-order valence-electron chi connectivity index (χ2n) is 1.73. The fourth-order valence-electron chi connectivity index (χ4n) is 0.598. The molecule has 0 N–H and O–H groups in total. The van der Waals surface area contributed by atoms with Crippen LogP contribution < -0.4 is 0 Å². The maximum Gasteiger partial charge on any atom is 0.141 e. The number of hydrogen-bond acceptors (Lipinski definition) is 3. The zero-order chi connectivity index (χ0) is 7.40. The van der Waals surface area contributed by atoms with E-state index in [1.165, 1.54) is 17.1 Å². The van der Waals surface area contributed by atoms with Gasteiger partial charge in [0.05, 0.1) is 18.3 Å². The van der Waals surface area contributed by atoms with Crippen molar-refractivity contribution in [3.05, 3.63) is 18.0 Å². The maximum atomic E-state index is 9.93. The largest absolute Gasteiger partial charge is 0.301 e. The fourth-order valence-corrected chi connectivity index (χ4v) is 0.598. The van der Waals surface area contributed by atoms with Gasteiger partial charge < -0.3 is 4.79 Å². The van der Waals surface area contributed by atoms with Gasteiger partial charge in [-0.2, -0.15) is 10.4 Å². The third-order valence-electron chi connectivity index (χ3n) is 1.02. The summed E-state index contributed by atoms with van der Waals surface area (Å²) in [4.78, 5) is 9.93. The molecule has 1 aromatic heterocycles. The Bertz CT molecular complexity index is 271. The summed E-state index contributed by atoms with van der Waals surface area (Å²) in [5, 5.41) is 12.1. The van der Waals surface area contributed by atoms with E-state index in [1.807, 2.05) is 6.07 Å². The molecule has 1 aromatic rings. The van der Waals surface area contributed by atoms with Crippen molar-refractivity contribution in [1.29, 1.82) is 5.26 Å². The molecule has 0 aliphatic heterocycles. The zero-order valence-electron chi connectivity index (χ0n) is 5.19. The van der Waals surface area contributed by atoms with Crippen molar-refractivity contribution in [3.8, 4) is 6.07 Å². The van der Waals surface area contributed by atoms with E-state index in [1.54, 1.807) is 0 Å². The molecule has 50 valence electrons. The van der Waals surface area contributed by atoms with Gasteiger partial charge in [0.1, 0.15) is 12.4 Å². The molecule has 1 rings (SSSR count). The monoisotopic (exact) mass is 135 g/mol. The molecule has 4 heteroatoms. The van der Waals surface area contributed by atoms with Gasteiger partial charge in [0.15, 0.2) is 0 Å². The molecule has 0 aliphatic rings. The van der Waals surface area contributed by atoms with Gasteiger partial charge in [-0.3, -0.25) is 4.68 Å². The lowest BCUT2D eigenvalue weighted by Gasteiger charge is -1.87. The van der Waals surface area contributed by atoms with Crippen LogP contribution in [0, 0.1) is 11.3 Å². The highest BCUT2D eigenvalue weighted by Gasteiger charge is 1.93. The first-order chi connectivity index (χ1) is 4.86. The molecule has 0 fully saturated rings. The molecule has 1 heterocycles. The quantitative estimate of drug-likeness (QED) is 0.534. The minimum Gasteiger partial charge on any atom is -0.301 e. The highest BCUT2D eigenvalue weighted by molar-refractivity contribution is 5.48. The van der Waals surface area contributed by atoms with Gasteiger partial charge in [0.25, 0.3) is 0 Å². The van der Waals surface area contributed by atoms with E-state index >= 15 is 0 Å². The van der Waals surface area contributed by atoms with E-state index in [9.17, 15) is 4.79 Å². The van der Waals surface area contributed by atoms with Crippen LogP contribution in [0.5, 0.6) is 0 Å². The number of nitriles is 1. The number of aromatic nitrogens is 2. The van der Waals surface area contributed by atoms with Crippen LogP contribution in [0.2, 0.25) is 0 Å². The summed E-state index contributed by atoms with van der Waals surface area (Å²) in [5.41, 5.74) is 0.474. The third-order valence-corrected chi connectivity index (χ3v) is 1.02. The van der Waals surface area contributed by atoms with Crippen LogP contribution in [-0.2, 0) is 11.3 Å². The van der Waals surface area contributed by atoms with Crippen LogP contribution in [0.15, 0.2) is 12.4 Å². The highest BCUT2D eigenvalue weighted by atomic mass is 16.1. The van der Waals surface area contributed by atoms with Gasteiger partial charge in [-0.25, -0.2) is 0 Å². The minimum atomic E-state index is 0.210. The Balaban J connectivity index is 2.80. The summed E-state index contributed by atoms with van der Waals surface area (Å²) < 4.78 is 1.41. The van der Waals surface area contributed by atoms with Crippen LogP contribution in [0.3, 0.4) is 0 Å². The topological polar surface area (TPSA) is 58.7 Å². The van der Waals surface area contributed by atoms with Crippen molar-refractivity contribution in [1.82, 2.24) is 9.78 Å². The van der Waals surface area contributed by atoms with Crippen LogP contribution in [0.4, 0.5) is 0 Å². The number of hydrogen-bond donors (Lipinski definition) is 0. The predicted molar refractivity (Wildman–Crippen MR) is 33.0 cm³/mol. The van der Waals surface area contributed by atoms with Crippen LogP contribution in [0.1, 0.15) is 5.56 Å². The number of rotatable bonds is 2. The first-order valence-corrected chi connectivity index (χ1v) is 2.73. The Morgan fingerprint density at radius 2 is 2.70 bits per heavy atom. The lowest BCUT2D eigenvalue weighted by atomic mass is 10.4. The van der Waals surface area contributed by atoms with Crippen molar-refractivity contribution in [2.75, 3.05) is 0 Å². The number of carbonyl (C=O) groups is 1. The normalized spacial score (nSPS) is 8.70. The molecule has 0 spiro atoms. The summed E-state index contributed by atoms with van der Waals surface area (Å²) >= 11 is 0. The van der Waals surface area contributed by atoms with Gasteiger partial charge in [-0.05, 0) is 0 Å². The Kier molecular flexibility index (Phi) is 1.80. The number of nitrogens with zero attached hydrogens (tertiary/aromatic N) is 3. The second kappa shape index (κ2) is 2.78. The minimum absolute atomic E-state index is 0.210. The molecule has 0 radical (unpaired) electrons. The van der Waals surface area contributed by atoms with E-state index in [0.29, 0.717) is 5.56 Å². The summed E-state index contributed by atoms with van der Waals surface area (Å²) in [5.74, 6) is 0. The highest BCUT2D eigenvalue weighted by Crippen LogP contribution is 1.92. The average Bonchev–Trinajstić information content (AvgIpc) is 2.37. The van der Waals surface area contributed by atoms with Gasteiger partial charge in [-0.1, -0.05) is 0 Å². The maximum absolute atomic E-state index is 9.93. The number of aldehydes is 1. The SMILES string of the molecule is N#Cc1cnn(CC=O)c1. The second-order valence-corrected chi connectivity index (χ2v) is 1.73. The molecule has 10 heavy (non-hydrogen) atoms. The van der Waals surface area contributed by atoms with Gasteiger partial charge in [-0.15, -0.1) is 0 Å². The summed E-state index contributed by atoms with van der Waals surface area (Å²) in [6, 6.07) is 1.91. The van der Waals surface area contributed by atoms with Crippen molar-refractivity contribution in [3.63, 3.8) is 0 Å². The lowest BCUT2D eigenvalue weighted by Crippen LogP contribution is -1.97. The molecule has 0 aliphatic carbocycles. The zero-order valence-corrected chi connectivity index (χ0v) is 5.19. The molecule has 0 aromatic carbocycles. The molecule has 0 bridgehead atoms. The standard InChI is InChI=1S/C6H5N3O/c7-3-6-4-8-9(5-6)1-2-10/h2,4-5H,1H2. The van der Waals surface area contributed by atoms with Crippen LogP contribution in [0.25, 0.3) is 0 Å². The lowest BCUT2D eigenvalue weighted by molar-refractivity contribution is -0.108. The Morgan fingerprint density at radius 1 is 1.90 bits per heavy atom. The first-order valence-electron chi connectivity index (χ1n) is 2.73. The Hall–Kier alpha value is -1.63. The van der Waals surface area contributed by atoms with Crippen molar-refractivity contribution in [2.45, 2.75) is 6.54 Å². The predicted octanol–water partition coefficient (Wildman–Crippen LogP) is -0.0463. The molecule has 0 saturated heterocycles. The van der Waals surface area contributed by atoms with E-state index in [-0.39, 0.29) is 6.54 Å². The fraction of sp³-hybridized carbons (Fsp3) is 0.167. The summed E-state index contributed by atoms with van der Waals surface area (Å²) in [6.45, 7) is 0.210. The molecular formula is C6H5N3O. The third kappa shape index (κ3) is 1.20. The van der Waals surface area contributed by atoms with Crippen LogP contribution in [-0.4, -0.2) is 16.1 Å². The van der Waals surface area contributed by atoms with Crippen molar-refractivity contribution >= 4 is 6.29 Å². The van der Waals surface area contributed by atoms with Gasteiger partial charge >= 0.3 is 0 Å².